The van der Waals surface area contributed by atoms with Crippen LogP contribution in [0.15, 0.2) is 42.5 Å². The molecule has 0 fully saturated rings. The van der Waals surface area contributed by atoms with Crippen LogP contribution in [0.1, 0.15) is 15.3 Å². The van der Waals surface area contributed by atoms with Gasteiger partial charge < -0.3 is 5.32 Å². The van der Waals surface area contributed by atoms with Crippen LogP contribution in [0.3, 0.4) is 0 Å². The van der Waals surface area contributed by atoms with Crippen molar-refractivity contribution in [3.8, 4) is 6.07 Å². The minimum atomic E-state index is 0.782. The zero-order valence-electron chi connectivity index (χ0n) is 9.52. The second kappa shape index (κ2) is 6.19. The maximum atomic E-state index is 8.71. The monoisotopic (exact) mass is 242 g/mol. The van der Waals surface area contributed by atoms with E-state index in [4.69, 9.17) is 5.26 Å². The van der Waals surface area contributed by atoms with Crippen LogP contribution in [0.4, 0.5) is 0 Å². The van der Waals surface area contributed by atoms with Crippen LogP contribution in [0.5, 0.6) is 0 Å². The highest BCUT2D eigenvalue weighted by molar-refractivity contribution is 7.12. The summed E-state index contributed by atoms with van der Waals surface area (Å²) in [6, 6.07) is 16.5. The highest BCUT2D eigenvalue weighted by atomic mass is 32.1. The first-order valence-electron chi connectivity index (χ1n) is 5.62. The molecule has 1 aromatic heterocycles. The topological polar surface area (TPSA) is 35.8 Å². The number of nitriles is 1. The molecule has 0 radical (unpaired) electrons. The van der Waals surface area contributed by atoms with Crippen molar-refractivity contribution in [2.24, 2.45) is 0 Å². The second-order valence-electron chi connectivity index (χ2n) is 3.79. The molecule has 2 nitrogen and oxygen atoms in total. The van der Waals surface area contributed by atoms with E-state index in [-0.39, 0.29) is 0 Å². The Morgan fingerprint density at radius 3 is 2.65 bits per heavy atom. The van der Waals surface area contributed by atoms with Gasteiger partial charge in [-0.1, -0.05) is 30.3 Å². The molecule has 0 spiro atoms. The van der Waals surface area contributed by atoms with Gasteiger partial charge in [-0.3, -0.25) is 0 Å². The van der Waals surface area contributed by atoms with Crippen LogP contribution in [0, 0.1) is 11.3 Å². The molecule has 17 heavy (non-hydrogen) atoms. The molecule has 1 N–H and O–H groups in total. The van der Waals surface area contributed by atoms with Crippen LogP contribution in [0.25, 0.3) is 0 Å². The molecule has 86 valence electrons. The fourth-order valence-electron chi connectivity index (χ4n) is 1.62. The number of thiophene rings is 1. The first kappa shape index (κ1) is 11.8. The molecule has 2 aromatic rings. The number of benzene rings is 1. The first-order valence-corrected chi connectivity index (χ1v) is 6.43. The third-order valence-corrected chi connectivity index (χ3v) is 3.49. The van der Waals surface area contributed by atoms with E-state index in [1.165, 1.54) is 10.4 Å². The fraction of sp³-hybridized carbons (Fsp3) is 0.214. The zero-order valence-corrected chi connectivity index (χ0v) is 10.3. The predicted octanol–water partition coefficient (Wildman–Crippen LogP) is 2.95. The van der Waals surface area contributed by atoms with E-state index in [1.54, 1.807) is 11.3 Å². The van der Waals surface area contributed by atoms with Gasteiger partial charge in [0.1, 0.15) is 10.9 Å². The Balaban J connectivity index is 1.72. The lowest BCUT2D eigenvalue weighted by atomic mass is 10.1. The van der Waals surface area contributed by atoms with Crippen molar-refractivity contribution in [2.45, 2.75) is 13.0 Å². The lowest BCUT2D eigenvalue weighted by molar-refractivity contribution is 0.693. The molecule has 0 amide bonds. The van der Waals surface area contributed by atoms with Gasteiger partial charge in [0, 0.05) is 11.4 Å². The van der Waals surface area contributed by atoms with Gasteiger partial charge in [0.2, 0.25) is 0 Å². The molecule has 3 heteroatoms. The van der Waals surface area contributed by atoms with E-state index in [2.05, 4.69) is 35.7 Å². The van der Waals surface area contributed by atoms with Gasteiger partial charge in [-0.2, -0.15) is 5.26 Å². The third-order valence-electron chi connectivity index (χ3n) is 2.50. The van der Waals surface area contributed by atoms with Crippen molar-refractivity contribution in [2.75, 3.05) is 6.54 Å². The summed E-state index contributed by atoms with van der Waals surface area (Å²) in [5.41, 5.74) is 1.35. The molecule has 0 bridgehead atoms. The predicted molar refractivity (Wildman–Crippen MR) is 70.9 cm³/mol. The molecule has 0 aliphatic carbocycles. The quantitative estimate of drug-likeness (QED) is 0.818. The molecule has 0 unspecified atom stereocenters. The van der Waals surface area contributed by atoms with Crippen molar-refractivity contribution in [3.05, 3.63) is 57.8 Å². The largest absolute Gasteiger partial charge is 0.312 e. The summed E-state index contributed by atoms with van der Waals surface area (Å²) in [4.78, 5) is 2.00. The molecule has 0 atom stereocenters. The van der Waals surface area contributed by atoms with Crippen molar-refractivity contribution in [3.63, 3.8) is 0 Å². The number of hydrogen-bond acceptors (Lipinski definition) is 3. The lowest BCUT2D eigenvalue weighted by Crippen LogP contribution is -2.15. The SMILES string of the molecule is N#Cc1ccc(CNCCc2ccccc2)s1. The van der Waals surface area contributed by atoms with Gasteiger partial charge in [0.05, 0.1) is 0 Å². The summed E-state index contributed by atoms with van der Waals surface area (Å²) >= 11 is 1.56. The van der Waals surface area contributed by atoms with Crippen LogP contribution >= 0.6 is 11.3 Å². The average Bonchev–Trinajstić information content (AvgIpc) is 2.84. The molecule has 0 aliphatic heterocycles. The van der Waals surface area contributed by atoms with Gasteiger partial charge in [0.15, 0.2) is 0 Å². The maximum Gasteiger partial charge on any atom is 0.110 e. The standard InChI is InChI=1S/C14H14N2S/c15-10-13-6-7-14(17-13)11-16-9-8-12-4-2-1-3-5-12/h1-7,16H,8-9,11H2. The van der Waals surface area contributed by atoms with E-state index in [0.29, 0.717) is 0 Å². The van der Waals surface area contributed by atoms with E-state index >= 15 is 0 Å². The third kappa shape index (κ3) is 3.70. The summed E-state index contributed by atoms with van der Waals surface area (Å²) in [5, 5.41) is 12.1. The minimum Gasteiger partial charge on any atom is -0.312 e. The van der Waals surface area contributed by atoms with E-state index in [9.17, 15) is 0 Å². The second-order valence-corrected chi connectivity index (χ2v) is 4.96. The maximum absolute atomic E-state index is 8.71. The van der Waals surface area contributed by atoms with Gasteiger partial charge >= 0.3 is 0 Å². The fourth-order valence-corrected chi connectivity index (χ4v) is 2.40. The van der Waals surface area contributed by atoms with Crippen molar-refractivity contribution in [1.82, 2.24) is 5.32 Å². The van der Waals surface area contributed by atoms with Crippen molar-refractivity contribution >= 4 is 11.3 Å². The normalized spacial score (nSPS) is 10.1. The Morgan fingerprint density at radius 2 is 1.94 bits per heavy atom. The molecule has 0 aliphatic rings. The summed E-state index contributed by atoms with van der Waals surface area (Å²) in [6.45, 7) is 1.81. The van der Waals surface area contributed by atoms with Crippen molar-refractivity contribution in [1.29, 1.82) is 5.26 Å². The van der Waals surface area contributed by atoms with Gasteiger partial charge in [-0.25, -0.2) is 0 Å². The zero-order chi connectivity index (χ0) is 11.9. The number of rotatable bonds is 5. The number of nitrogens with one attached hydrogen (secondary N) is 1. The molecule has 1 heterocycles. The van der Waals surface area contributed by atoms with Crippen LogP contribution in [0.2, 0.25) is 0 Å². The summed E-state index contributed by atoms with van der Waals surface area (Å²) < 4.78 is 0. The number of hydrogen-bond donors (Lipinski definition) is 1. The highest BCUT2D eigenvalue weighted by Crippen LogP contribution is 2.14. The molecular formula is C14H14N2S. The van der Waals surface area contributed by atoms with E-state index in [0.717, 1.165) is 24.4 Å². The molecule has 2 rings (SSSR count). The van der Waals surface area contributed by atoms with E-state index < -0.39 is 0 Å². The summed E-state index contributed by atoms with van der Waals surface area (Å²) in [7, 11) is 0. The molecular weight excluding hydrogens is 228 g/mol. The molecule has 1 aromatic carbocycles. The van der Waals surface area contributed by atoms with Crippen LogP contribution < -0.4 is 5.32 Å². The molecule has 0 saturated carbocycles. The average molecular weight is 242 g/mol. The smallest absolute Gasteiger partial charge is 0.110 e. The summed E-state index contributed by atoms with van der Waals surface area (Å²) in [5.74, 6) is 0. The van der Waals surface area contributed by atoms with Gasteiger partial charge in [-0.05, 0) is 30.7 Å². The Hall–Kier alpha value is -1.63. The Morgan fingerprint density at radius 1 is 1.12 bits per heavy atom. The summed E-state index contributed by atoms with van der Waals surface area (Å²) in [6.07, 6.45) is 1.04. The van der Waals surface area contributed by atoms with Crippen LogP contribution in [-0.4, -0.2) is 6.54 Å². The number of nitrogens with zero attached hydrogens (tertiary/aromatic N) is 1. The first-order chi connectivity index (χ1) is 8.38. The molecule has 0 saturated heterocycles. The van der Waals surface area contributed by atoms with Crippen LogP contribution in [-0.2, 0) is 13.0 Å². The highest BCUT2D eigenvalue weighted by Gasteiger charge is 1.98. The van der Waals surface area contributed by atoms with E-state index in [1.807, 2.05) is 18.2 Å². The minimum absolute atomic E-state index is 0.782. The van der Waals surface area contributed by atoms with Crippen molar-refractivity contribution < 1.29 is 0 Å². The lowest BCUT2D eigenvalue weighted by Gasteiger charge is -2.03. The Labute approximate surface area is 106 Å². The Bertz CT molecular complexity index is 496. The van der Waals surface area contributed by atoms with Gasteiger partial charge in [-0.15, -0.1) is 11.3 Å². The Kier molecular flexibility index (Phi) is 4.31. The van der Waals surface area contributed by atoms with Gasteiger partial charge in [0.25, 0.3) is 0 Å².